The Morgan fingerprint density at radius 3 is 2.55 bits per heavy atom. The molecular weight excluding hydrogens is 412 g/mol. The smallest absolute Gasteiger partial charge is 0.303 e. The number of hydrogen-bond donors (Lipinski definition) is 2. The van der Waals surface area contributed by atoms with Crippen LogP contribution >= 0.6 is 0 Å². The first-order valence-electron chi connectivity index (χ1n) is 12.0. The molecule has 2 N–H and O–H groups in total. The molecule has 1 saturated heterocycles. The topological polar surface area (TPSA) is 85.2 Å². The van der Waals surface area contributed by atoms with Crippen LogP contribution in [-0.4, -0.2) is 56.2 Å². The van der Waals surface area contributed by atoms with E-state index in [1.165, 1.54) is 0 Å². The third kappa shape index (κ3) is 8.28. The minimum atomic E-state index is -1.91. The van der Waals surface area contributed by atoms with Gasteiger partial charge >= 0.3 is 5.97 Å². The SMILES string of the molecule is CC(C)(C)[Si](C)(C)OC[C@@H]1C(CC=CCCCC(=O)O)C(O)C[C@H]1OC1CCCCO1. The number of rotatable bonds is 11. The molecule has 1 aliphatic carbocycles. The van der Waals surface area contributed by atoms with Gasteiger partial charge < -0.3 is 24.1 Å². The van der Waals surface area contributed by atoms with Gasteiger partial charge in [-0.2, -0.15) is 0 Å². The highest BCUT2D eigenvalue weighted by atomic mass is 28.4. The fourth-order valence-electron chi connectivity index (χ4n) is 4.14. The van der Waals surface area contributed by atoms with Crippen molar-refractivity contribution in [2.75, 3.05) is 13.2 Å². The molecular formula is C24H44O6Si. The molecule has 5 atom stereocenters. The largest absolute Gasteiger partial charge is 0.481 e. The number of hydrogen-bond acceptors (Lipinski definition) is 5. The van der Waals surface area contributed by atoms with Gasteiger partial charge in [-0.3, -0.25) is 4.79 Å². The van der Waals surface area contributed by atoms with Gasteiger partial charge in [-0.15, -0.1) is 0 Å². The maximum Gasteiger partial charge on any atom is 0.303 e. The van der Waals surface area contributed by atoms with Crippen LogP contribution in [0.1, 0.15) is 72.1 Å². The van der Waals surface area contributed by atoms with Crippen molar-refractivity contribution >= 4 is 14.3 Å². The standard InChI is InChI=1S/C24H44O6Si/c1-24(2,3)31(4,5)29-17-19-18(12-8-6-7-9-13-22(26)27)20(25)16-21(19)30-23-14-10-11-15-28-23/h6,8,18-21,23,25H,7,9-17H2,1-5H3,(H,26,27)/t18?,19-,20?,21-,23?/m1/s1. The van der Waals surface area contributed by atoms with Gasteiger partial charge in [-0.1, -0.05) is 32.9 Å². The molecule has 0 spiro atoms. The first kappa shape index (κ1) is 26.5. The van der Waals surface area contributed by atoms with Crippen LogP contribution in [0, 0.1) is 11.8 Å². The highest BCUT2D eigenvalue weighted by molar-refractivity contribution is 6.74. The minimum Gasteiger partial charge on any atom is -0.481 e. The molecule has 0 amide bonds. The number of allylic oxidation sites excluding steroid dienone is 2. The maximum absolute atomic E-state index is 10.8. The molecule has 1 aliphatic heterocycles. The molecule has 0 aromatic rings. The molecule has 31 heavy (non-hydrogen) atoms. The molecule has 2 rings (SSSR count). The minimum absolute atomic E-state index is 0.0618. The Balaban J connectivity index is 2.01. The highest BCUT2D eigenvalue weighted by Gasteiger charge is 2.46. The molecule has 0 radical (unpaired) electrons. The van der Waals surface area contributed by atoms with Crippen LogP contribution in [0.2, 0.25) is 18.1 Å². The third-order valence-electron chi connectivity index (χ3n) is 7.24. The summed E-state index contributed by atoms with van der Waals surface area (Å²) < 4.78 is 18.7. The van der Waals surface area contributed by atoms with Crippen LogP contribution in [0.4, 0.5) is 0 Å². The summed E-state index contributed by atoms with van der Waals surface area (Å²) in [7, 11) is -1.91. The number of aliphatic hydroxyl groups excluding tert-OH is 1. The monoisotopic (exact) mass is 456 g/mol. The van der Waals surface area contributed by atoms with Crippen LogP contribution < -0.4 is 0 Å². The van der Waals surface area contributed by atoms with E-state index in [2.05, 4.69) is 39.9 Å². The van der Waals surface area contributed by atoms with Gasteiger partial charge in [0.15, 0.2) is 14.6 Å². The Bertz CT molecular complexity index is 579. The Morgan fingerprint density at radius 1 is 1.19 bits per heavy atom. The van der Waals surface area contributed by atoms with Gasteiger partial charge in [0.05, 0.1) is 12.2 Å². The van der Waals surface area contributed by atoms with E-state index in [1.807, 2.05) is 6.08 Å². The number of aliphatic carboxylic acids is 1. The average molecular weight is 457 g/mol. The van der Waals surface area contributed by atoms with Crippen molar-refractivity contribution in [3.8, 4) is 0 Å². The summed E-state index contributed by atoms with van der Waals surface area (Å²) in [5, 5.41) is 19.7. The normalized spacial score (nSPS) is 30.2. The third-order valence-corrected chi connectivity index (χ3v) is 11.7. The van der Waals surface area contributed by atoms with Crippen molar-refractivity contribution in [3.63, 3.8) is 0 Å². The van der Waals surface area contributed by atoms with Gasteiger partial charge in [0.25, 0.3) is 0 Å². The van der Waals surface area contributed by atoms with E-state index in [0.717, 1.165) is 38.7 Å². The molecule has 0 aromatic heterocycles. The number of carboxylic acids is 1. The molecule has 0 aromatic carbocycles. The molecule has 2 fully saturated rings. The molecule has 0 bridgehead atoms. The fourth-order valence-corrected chi connectivity index (χ4v) is 5.19. The molecule has 180 valence electrons. The lowest BCUT2D eigenvalue weighted by Gasteiger charge is -2.38. The second kappa shape index (κ2) is 11.9. The van der Waals surface area contributed by atoms with E-state index < -0.39 is 20.4 Å². The van der Waals surface area contributed by atoms with Crippen LogP contribution in [0.3, 0.4) is 0 Å². The zero-order valence-corrected chi connectivity index (χ0v) is 21.1. The summed E-state index contributed by atoms with van der Waals surface area (Å²) in [4.78, 5) is 10.7. The van der Waals surface area contributed by atoms with Crippen LogP contribution in [0.15, 0.2) is 12.2 Å². The van der Waals surface area contributed by atoms with E-state index in [0.29, 0.717) is 19.4 Å². The Labute approximate surface area is 189 Å². The first-order valence-corrected chi connectivity index (χ1v) is 14.9. The second-order valence-electron chi connectivity index (χ2n) is 10.7. The van der Waals surface area contributed by atoms with Crippen molar-refractivity contribution in [2.24, 2.45) is 11.8 Å². The van der Waals surface area contributed by atoms with Crippen LogP contribution in [0.25, 0.3) is 0 Å². The Morgan fingerprint density at radius 2 is 1.94 bits per heavy atom. The number of ether oxygens (including phenoxy) is 2. The summed E-state index contributed by atoms with van der Waals surface area (Å²) in [5.74, 6) is -0.556. The Kier molecular flexibility index (Phi) is 10.2. The van der Waals surface area contributed by atoms with Gasteiger partial charge in [0, 0.05) is 32.0 Å². The van der Waals surface area contributed by atoms with Crippen molar-refractivity contribution in [1.29, 1.82) is 0 Å². The van der Waals surface area contributed by atoms with Gasteiger partial charge in [0.1, 0.15) is 0 Å². The van der Waals surface area contributed by atoms with E-state index in [9.17, 15) is 9.90 Å². The molecule has 2 aliphatic rings. The maximum atomic E-state index is 10.8. The van der Waals surface area contributed by atoms with E-state index in [1.54, 1.807) is 0 Å². The number of carbonyl (C=O) groups is 1. The van der Waals surface area contributed by atoms with Crippen LogP contribution in [-0.2, 0) is 18.7 Å². The zero-order valence-electron chi connectivity index (χ0n) is 20.1. The number of unbranched alkanes of at least 4 members (excludes halogenated alkanes) is 1. The molecule has 1 saturated carbocycles. The lowest BCUT2D eigenvalue weighted by Crippen LogP contribution is -2.44. The predicted octanol–water partition coefficient (Wildman–Crippen LogP) is 5.12. The first-order chi connectivity index (χ1) is 14.5. The quantitative estimate of drug-likeness (QED) is 0.255. The predicted molar refractivity (Wildman–Crippen MR) is 124 cm³/mol. The molecule has 1 heterocycles. The summed E-state index contributed by atoms with van der Waals surface area (Å²) in [6.07, 6.45) is 9.53. The summed E-state index contributed by atoms with van der Waals surface area (Å²) in [6, 6.07) is 0. The van der Waals surface area contributed by atoms with E-state index in [-0.39, 0.29) is 35.7 Å². The van der Waals surface area contributed by atoms with Crippen molar-refractivity contribution in [2.45, 2.75) is 109 Å². The van der Waals surface area contributed by atoms with Gasteiger partial charge in [-0.05, 0) is 62.6 Å². The summed E-state index contributed by atoms with van der Waals surface area (Å²) in [5.41, 5.74) is 0. The van der Waals surface area contributed by atoms with Crippen LogP contribution in [0.5, 0.6) is 0 Å². The number of aliphatic hydroxyl groups is 1. The fraction of sp³-hybridized carbons (Fsp3) is 0.875. The van der Waals surface area contributed by atoms with Crippen molar-refractivity contribution < 1.29 is 28.9 Å². The van der Waals surface area contributed by atoms with E-state index >= 15 is 0 Å². The molecule has 7 heteroatoms. The van der Waals surface area contributed by atoms with Gasteiger partial charge in [0.2, 0.25) is 0 Å². The highest BCUT2D eigenvalue weighted by Crippen LogP contribution is 2.42. The second-order valence-corrected chi connectivity index (χ2v) is 15.5. The average Bonchev–Trinajstić information content (AvgIpc) is 2.97. The summed E-state index contributed by atoms with van der Waals surface area (Å²) in [6.45, 7) is 12.6. The molecule has 3 unspecified atom stereocenters. The van der Waals surface area contributed by atoms with Gasteiger partial charge in [-0.25, -0.2) is 0 Å². The zero-order chi connectivity index (χ0) is 23.1. The lowest BCUT2D eigenvalue weighted by atomic mass is 9.91. The van der Waals surface area contributed by atoms with Crippen molar-refractivity contribution in [3.05, 3.63) is 12.2 Å². The molecule has 6 nitrogen and oxygen atoms in total. The van der Waals surface area contributed by atoms with E-state index in [4.69, 9.17) is 19.0 Å². The summed E-state index contributed by atoms with van der Waals surface area (Å²) >= 11 is 0. The van der Waals surface area contributed by atoms with Crippen molar-refractivity contribution in [1.82, 2.24) is 0 Å². The lowest BCUT2D eigenvalue weighted by molar-refractivity contribution is -0.197. The number of carboxylic acid groups (broad SMARTS) is 1. The Hall–Kier alpha value is -0.733.